The van der Waals surface area contributed by atoms with Gasteiger partial charge in [-0.05, 0) is 47.9 Å². The molecule has 1 aliphatic rings. The first-order chi connectivity index (χ1) is 22.2. The summed E-state index contributed by atoms with van der Waals surface area (Å²) in [6.45, 7) is 0. The zero-order valence-electron chi connectivity index (χ0n) is 24.4. The maximum absolute atomic E-state index is 10.8. The molecule has 0 aliphatic carbocycles. The highest BCUT2D eigenvalue weighted by Crippen LogP contribution is 2.37. The number of phenolic OH excluding ortho intramolecular Hbond substituents is 1. The van der Waals surface area contributed by atoms with Crippen LogP contribution in [0.4, 0.5) is 11.4 Å². The third-order valence-corrected chi connectivity index (χ3v) is 8.60. The number of para-hydroxylation sites is 4. The number of allylic oxidation sites excluding steroid dienone is 2. The molecule has 1 aliphatic heterocycles. The lowest BCUT2D eigenvalue weighted by Gasteiger charge is -2.37. The van der Waals surface area contributed by atoms with Crippen LogP contribution < -0.4 is 10.2 Å². The van der Waals surface area contributed by atoms with Gasteiger partial charge in [-0.2, -0.15) is 0 Å². The molecule has 0 saturated carbocycles. The van der Waals surface area contributed by atoms with Crippen molar-refractivity contribution in [3.05, 3.63) is 168 Å². The van der Waals surface area contributed by atoms with E-state index < -0.39 is 0 Å². The summed E-state index contributed by atoms with van der Waals surface area (Å²) in [4.78, 5) is 5.87. The van der Waals surface area contributed by atoms with Gasteiger partial charge in [0.05, 0.1) is 22.4 Å². The Morgan fingerprint density at radius 1 is 0.667 bits per heavy atom. The maximum Gasteiger partial charge on any atom is 0.124 e. The highest BCUT2D eigenvalue weighted by molar-refractivity contribution is 6.25. The molecule has 5 nitrogen and oxygen atoms in total. The smallest absolute Gasteiger partial charge is 0.124 e. The molecule has 0 bridgehead atoms. The quantitative estimate of drug-likeness (QED) is 0.148. The number of rotatable bonds is 6. The number of aromatic hydroxyl groups is 1. The van der Waals surface area contributed by atoms with E-state index in [9.17, 15) is 10.5 Å². The Labute approximate surface area is 260 Å². The van der Waals surface area contributed by atoms with Crippen molar-refractivity contribution in [1.29, 1.82) is 5.41 Å². The first-order valence-electron chi connectivity index (χ1n) is 15.1. The largest absolute Gasteiger partial charge is 0.507 e. The van der Waals surface area contributed by atoms with E-state index in [1.807, 2.05) is 84.9 Å². The first kappa shape index (κ1) is 26.5. The van der Waals surface area contributed by atoms with Crippen LogP contribution in [0, 0.1) is 5.41 Å². The fourth-order valence-corrected chi connectivity index (χ4v) is 6.49. The zero-order chi connectivity index (χ0) is 30.3. The minimum Gasteiger partial charge on any atom is -0.507 e. The molecule has 1 aromatic heterocycles. The highest BCUT2D eigenvalue weighted by atomic mass is 16.3. The van der Waals surface area contributed by atoms with Crippen LogP contribution in [0.25, 0.3) is 38.3 Å². The second-order valence-corrected chi connectivity index (χ2v) is 11.2. The molecule has 0 spiro atoms. The van der Waals surface area contributed by atoms with Crippen molar-refractivity contribution in [2.24, 2.45) is 0 Å². The van der Waals surface area contributed by atoms with Crippen molar-refractivity contribution in [3.63, 3.8) is 0 Å². The van der Waals surface area contributed by atoms with E-state index in [0.29, 0.717) is 5.71 Å². The van der Waals surface area contributed by atoms with E-state index in [-0.39, 0.29) is 11.9 Å². The number of H-pyrrole nitrogens is 1. The second-order valence-electron chi connectivity index (χ2n) is 11.2. The molecule has 0 radical (unpaired) electrons. The molecule has 0 fully saturated rings. The van der Waals surface area contributed by atoms with Gasteiger partial charge in [-0.3, -0.25) is 5.41 Å². The standard InChI is InChI=1S/C40H30N4O/c41-38(33-19-10-18-29-30-25-24-26-12-4-5-15-28(26)39(30)43-40(29)33)31-16-6-8-20-34(31)42-37-23-11-21-35(32-17-7-9-22-36(32)45)44(37)27-13-2-1-3-14-27/h1-25,37,41-43,45H. The fraction of sp³-hybridized carbons (Fsp3) is 0.0250. The lowest BCUT2D eigenvalue weighted by molar-refractivity contribution is 0.473. The predicted octanol–water partition coefficient (Wildman–Crippen LogP) is 9.45. The zero-order valence-corrected chi connectivity index (χ0v) is 24.4. The maximum atomic E-state index is 10.8. The molecular weight excluding hydrogens is 552 g/mol. The third kappa shape index (κ3) is 4.53. The van der Waals surface area contributed by atoms with Crippen LogP contribution in [0.15, 0.2) is 152 Å². The van der Waals surface area contributed by atoms with Crippen LogP contribution >= 0.6 is 0 Å². The van der Waals surface area contributed by atoms with Gasteiger partial charge in [0.25, 0.3) is 0 Å². The summed E-state index contributed by atoms with van der Waals surface area (Å²) in [5.74, 6) is 0.222. The second kappa shape index (κ2) is 10.9. The molecule has 2 heterocycles. The minimum atomic E-state index is -0.281. The van der Waals surface area contributed by atoms with Crippen LogP contribution in [-0.4, -0.2) is 22.0 Å². The number of aromatic nitrogens is 1. The summed E-state index contributed by atoms with van der Waals surface area (Å²) >= 11 is 0. The van der Waals surface area contributed by atoms with Gasteiger partial charge in [0.15, 0.2) is 0 Å². The van der Waals surface area contributed by atoms with Gasteiger partial charge in [-0.25, -0.2) is 0 Å². The van der Waals surface area contributed by atoms with E-state index in [0.717, 1.165) is 55.6 Å². The number of benzene rings is 6. The van der Waals surface area contributed by atoms with Crippen molar-refractivity contribution >= 4 is 55.4 Å². The Hall–Kier alpha value is -6.07. The number of phenols is 1. The SMILES string of the molecule is N=C(c1ccccc1NC1C=CC=C(c2ccccc2O)N1c1ccccc1)c1cccc2c1[nH]c1c3ccccc3ccc21. The van der Waals surface area contributed by atoms with Crippen molar-refractivity contribution in [1.82, 2.24) is 4.98 Å². The van der Waals surface area contributed by atoms with E-state index in [2.05, 4.69) is 75.9 Å². The van der Waals surface area contributed by atoms with Gasteiger partial charge in [0, 0.05) is 44.2 Å². The van der Waals surface area contributed by atoms with Gasteiger partial charge in [0.1, 0.15) is 11.9 Å². The Balaban J connectivity index is 1.21. The van der Waals surface area contributed by atoms with Crippen LogP contribution in [0.1, 0.15) is 16.7 Å². The molecule has 1 atom stereocenters. The average Bonchev–Trinajstić information content (AvgIpc) is 3.48. The Bertz CT molecular complexity index is 2300. The van der Waals surface area contributed by atoms with Crippen molar-refractivity contribution < 1.29 is 5.11 Å². The molecule has 0 saturated heterocycles. The summed E-state index contributed by atoms with van der Waals surface area (Å²) in [5.41, 5.74) is 7.57. The van der Waals surface area contributed by atoms with Crippen molar-refractivity contribution in [3.8, 4) is 5.75 Å². The molecule has 45 heavy (non-hydrogen) atoms. The van der Waals surface area contributed by atoms with E-state index >= 15 is 0 Å². The average molecular weight is 583 g/mol. The molecular formula is C40H30N4O. The monoisotopic (exact) mass is 582 g/mol. The number of nitrogens with zero attached hydrogens (tertiary/aromatic N) is 1. The van der Waals surface area contributed by atoms with Crippen LogP contribution in [-0.2, 0) is 0 Å². The van der Waals surface area contributed by atoms with Gasteiger partial charge < -0.3 is 20.3 Å². The van der Waals surface area contributed by atoms with Gasteiger partial charge >= 0.3 is 0 Å². The molecule has 216 valence electrons. The van der Waals surface area contributed by atoms with Gasteiger partial charge in [0.2, 0.25) is 0 Å². The number of nitrogens with one attached hydrogen (secondary N) is 3. The molecule has 1 unspecified atom stereocenters. The predicted molar refractivity (Wildman–Crippen MR) is 187 cm³/mol. The molecule has 7 aromatic rings. The Morgan fingerprint density at radius 3 is 2.27 bits per heavy atom. The van der Waals surface area contributed by atoms with Crippen LogP contribution in [0.3, 0.4) is 0 Å². The summed E-state index contributed by atoms with van der Waals surface area (Å²) in [6.07, 6.45) is 5.85. The normalized spacial score (nSPS) is 14.6. The summed E-state index contributed by atoms with van der Waals surface area (Å²) in [5, 5.41) is 28.7. The van der Waals surface area contributed by atoms with E-state index in [1.54, 1.807) is 6.07 Å². The van der Waals surface area contributed by atoms with Crippen LogP contribution in [0.2, 0.25) is 0 Å². The molecule has 5 heteroatoms. The highest BCUT2D eigenvalue weighted by Gasteiger charge is 2.26. The molecule has 0 amide bonds. The number of hydrogen-bond donors (Lipinski definition) is 4. The lowest BCUT2D eigenvalue weighted by atomic mass is 9.97. The van der Waals surface area contributed by atoms with Crippen molar-refractivity contribution in [2.75, 3.05) is 10.2 Å². The van der Waals surface area contributed by atoms with E-state index in [4.69, 9.17) is 0 Å². The third-order valence-electron chi connectivity index (χ3n) is 8.60. The number of fused-ring (bicyclic) bond motifs is 5. The molecule has 8 rings (SSSR count). The lowest BCUT2D eigenvalue weighted by Crippen LogP contribution is -2.40. The number of hydrogen-bond acceptors (Lipinski definition) is 4. The fourth-order valence-electron chi connectivity index (χ4n) is 6.49. The van der Waals surface area contributed by atoms with Crippen LogP contribution in [0.5, 0.6) is 5.75 Å². The van der Waals surface area contributed by atoms with Crippen molar-refractivity contribution in [2.45, 2.75) is 6.17 Å². The summed E-state index contributed by atoms with van der Waals surface area (Å²) in [7, 11) is 0. The topological polar surface area (TPSA) is 75.1 Å². The van der Waals surface area contributed by atoms with Gasteiger partial charge in [-0.1, -0.05) is 109 Å². The molecule has 4 N–H and O–H groups in total. The molecule has 6 aromatic carbocycles. The summed E-state index contributed by atoms with van der Waals surface area (Å²) in [6, 6.07) is 44.5. The Kier molecular flexibility index (Phi) is 6.42. The Morgan fingerprint density at radius 2 is 1.38 bits per heavy atom. The summed E-state index contributed by atoms with van der Waals surface area (Å²) < 4.78 is 0. The first-order valence-corrected chi connectivity index (χ1v) is 15.1. The minimum absolute atomic E-state index is 0.222. The number of anilines is 2. The van der Waals surface area contributed by atoms with Gasteiger partial charge in [-0.15, -0.1) is 0 Å². The number of aromatic amines is 1. The van der Waals surface area contributed by atoms with E-state index in [1.165, 1.54) is 10.8 Å².